The molecule has 1 aliphatic heterocycles. The molecule has 0 saturated carbocycles. The second kappa shape index (κ2) is 10.4. The number of aromatic nitrogens is 3. The van der Waals surface area contributed by atoms with E-state index in [1.807, 2.05) is 13.8 Å². The van der Waals surface area contributed by atoms with Crippen LogP contribution in [0.5, 0.6) is 0 Å². The van der Waals surface area contributed by atoms with Gasteiger partial charge in [-0.3, -0.25) is 4.79 Å². The van der Waals surface area contributed by atoms with Crippen LogP contribution in [0, 0.1) is 5.92 Å². The van der Waals surface area contributed by atoms with E-state index in [1.165, 1.54) is 12.0 Å². The number of methoxy groups -OCH3 is 1. The van der Waals surface area contributed by atoms with Crippen molar-refractivity contribution in [1.82, 2.24) is 24.8 Å². The number of ether oxygens (including phenoxy) is 2. The van der Waals surface area contributed by atoms with Crippen molar-refractivity contribution >= 4 is 12.0 Å². The molecule has 0 unspecified atom stereocenters. The summed E-state index contributed by atoms with van der Waals surface area (Å²) in [7, 11) is 2.97. The SMILES string of the molecule is COC(=O)N(C)C[C@@H]1OCc2cnnn2CCCC(=O)N([C@@H](C)CO)C[C@@H]1C. The Morgan fingerprint density at radius 2 is 2.29 bits per heavy atom. The van der Waals surface area contributed by atoms with E-state index in [1.54, 1.807) is 22.8 Å². The summed E-state index contributed by atoms with van der Waals surface area (Å²) in [4.78, 5) is 27.7. The minimum absolute atomic E-state index is 0.0179. The predicted octanol–water partition coefficient (Wildman–Crippen LogP) is 0.501. The van der Waals surface area contributed by atoms with Gasteiger partial charge in [-0.25, -0.2) is 9.48 Å². The van der Waals surface area contributed by atoms with Gasteiger partial charge in [0, 0.05) is 32.5 Å². The zero-order chi connectivity index (χ0) is 20.7. The highest BCUT2D eigenvalue weighted by atomic mass is 16.5. The molecule has 1 aliphatic rings. The molecule has 0 aromatic carbocycles. The molecule has 2 rings (SSSR count). The summed E-state index contributed by atoms with van der Waals surface area (Å²) in [5.41, 5.74) is 0.825. The Labute approximate surface area is 165 Å². The molecule has 2 heterocycles. The summed E-state index contributed by atoms with van der Waals surface area (Å²) in [6.45, 7) is 5.29. The van der Waals surface area contributed by atoms with Crippen molar-refractivity contribution in [3.8, 4) is 0 Å². The van der Waals surface area contributed by atoms with E-state index in [-0.39, 0.29) is 30.6 Å². The number of amides is 2. The summed E-state index contributed by atoms with van der Waals surface area (Å²) >= 11 is 0. The summed E-state index contributed by atoms with van der Waals surface area (Å²) in [6.07, 6.45) is 1.86. The highest BCUT2D eigenvalue weighted by Gasteiger charge is 2.29. The van der Waals surface area contributed by atoms with Crippen LogP contribution in [0.1, 0.15) is 32.4 Å². The zero-order valence-corrected chi connectivity index (χ0v) is 17.1. The predicted molar refractivity (Wildman–Crippen MR) is 100 cm³/mol. The molecule has 0 spiro atoms. The number of fused-ring (bicyclic) bond motifs is 1. The fraction of sp³-hybridized carbons (Fsp3) is 0.778. The Morgan fingerprint density at radius 1 is 1.54 bits per heavy atom. The largest absolute Gasteiger partial charge is 0.453 e. The van der Waals surface area contributed by atoms with Crippen LogP contribution >= 0.6 is 0 Å². The van der Waals surface area contributed by atoms with Gasteiger partial charge >= 0.3 is 6.09 Å². The van der Waals surface area contributed by atoms with Gasteiger partial charge in [-0.2, -0.15) is 0 Å². The number of rotatable bonds is 4. The van der Waals surface area contributed by atoms with E-state index in [0.29, 0.717) is 39.1 Å². The van der Waals surface area contributed by atoms with Gasteiger partial charge in [0.1, 0.15) is 0 Å². The monoisotopic (exact) mass is 397 g/mol. The molecular formula is C18H31N5O5. The maximum Gasteiger partial charge on any atom is 0.409 e. The van der Waals surface area contributed by atoms with Crippen molar-refractivity contribution in [3.05, 3.63) is 11.9 Å². The average molecular weight is 397 g/mol. The van der Waals surface area contributed by atoms with Gasteiger partial charge in [-0.15, -0.1) is 5.10 Å². The minimum Gasteiger partial charge on any atom is -0.453 e. The van der Waals surface area contributed by atoms with E-state index in [2.05, 4.69) is 10.3 Å². The quantitative estimate of drug-likeness (QED) is 0.788. The van der Waals surface area contributed by atoms with Crippen LogP contribution in [0.3, 0.4) is 0 Å². The van der Waals surface area contributed by atoms with Crippen molar-refractivity contribution < 1.29 is 24.2 Å². The van der Waals surface area contributed by atoms with Gasteiger partial charge in [0.25, 0.3) is 0 Å². The Hall–Kier alpha value is -2.20. The third-order valence-corrected chi connectivity index (χ3v) is 5.08. The molecule has 1 N–H and O–H groups in total. The first-order chi connectivity index (χ1) is 13.4. The number of nitrogens with zero attached hydrogens (tertiary/aromatic N) is 5. The number of aliphatic hydroxyl groups excluding tert-OH is 1. The smallest absolute Gasteiger partial charge is 0.409 e. The number of aliphatic hydroxyl groups is 1. The van der Waals surface area contributed by atoms with E-state index in [4.69, 9.17) is 9.47 Å². The van der Waals surface area contributed by atoms with Crippen LogP contribution < -0.4 is 0 Å². The fourth-order valence-corrected chi connectivity index (χ4v) is 3.25. The summed E-state index contributed by atoms with van der Waals surface area (Å²) in [6, 6.07) is -0.293. The molecule has 3 atom stereocenters. The maximum atomic E-state index is 12.8. The van der Waals surface area contributed by atoms with Crippen LogP contribution in [-0.4, -0.2) is 87.9 Å². The van der Waals surface area contributed by atoms with Crippen molar-refractivity contribution in [2.24, 2.45) is 5.92 Å². The lowest BCUT2D eigenvalue weighted by Crippen LogP contribution is -2.47. The van der Waals surface area contributed by atoms with Gasteiger partial charge in [0.05, 0.1) is 50.9 Å². The molecule has 2 amide bonds. The number of hydrogen-bond donors (Lipinski definition) is 1. The molecule has 0 fully saturated rings. The lowest BCUT2D eigenvalue weighted by Gasteiger charge is -2.35. The van der Waals surface area contributed by atoms with Crippen molar-refractivity contribution in [2.45, 2.75) is 52.0 Å². The number of likely N-dealkylation sites (N-methyl/N-ethyl adjacent to an activating group) is 1. The van der Waals surface area contributed by atoms with Crippen LogP contribution in [-0.2, 0) is 27.4 Å². The van der Waals surface area contributed by atoms with Gasteiger partial charge in [-0.1, -0.05) is 12.1 Å². The highest BCUT2D eigenvalue weighted by Crippen LogP contribution is 2.18. The second-order valence-electron chi connectivity index (χ2n) is 7.31. The molecule has 10 nitrogen and oxygen atoms in total. The molecule has 0 saturated heterocycles. The standard InChI is InChI=1S/C18H31N5O5/c1-13-9-22(14(2)11-24)17(25)6-5-7-23-15(8-19-20-23)12-28-16(13)10-21(3)18(26)27-4/h8,13-14,16,24H,5-7,9-12H2,1-4H3/t13-,14-,16-/m0/s1. The number of aryl methyl sites for hydroxylation is 1. The summed E-state index contributed by atoms with van der Waals surface area (Å²) in [5.74, 6) is -0.0930. The van der Waals surface area contributed by atoms with E-state index in [9.17, 15) is 14.7 Å². The Morgan fingerprint density at radius 3 is 2.96 bits per heavy atom. The lowest BCUT2D eigenvalue weighted by atomic mass is 10.0. The van der Waals surface area contributed by atoms with Gasteiger partial charge < -0.3 is 24.4 Å². The number of carbonyl (C=O) groups excluding carboxylic acids is 2. The van der Waals surface area contributed by atoms with E-state index < -0.39 is 6.09 Å². The molecule has 0 aliphatic carbocycles. The van der Waals surface area contributed by atoms with Gasteiger partial charge in [0.2, 0.25) is 5.91 Å². The normalized spacial score (nSPS) is 22.6. The molecular weight excluding hydrogens is 366 g/mol. The molecule has 1 aromatic heterocycles. The first-order valence-corrected chi connectivity index (χ1v) is 9.55. The van der Waals surface area contributed by atoms with Gasteiger partial charge in [-0.05, 0) is 13.3 Å². The lowest BCUT2D eigenvalue weighted by molar-refractivity contribution is -0.136. The fourth-order valence-electron chi connectivity index (χ4n) is 3.25. The summed E-state index contributed by atoms with van der Waals surface area (Å²) < 4.78 is 12.6. The Kier molecular flexibility index (Phi) is 8.18. The third-order valence-electron chi connectivity index (χ3n) is 5.08. The van der Waals surface area contributed by atoms with Crippen molar-refractivity contribution in [2.75, 3.05) is 33.9 Å². The van der Waals surface area contributed by atoms with Crippen LogP contribution in [0.2, 0.25) is 0 Å². The highest BCUT2D eigenvalue weighted by molar-refractivity contribution is 5.76. The topological polar surface area (TPSA) is 110 Å². The van der Waals surface area contributed by atoms with Gasteiger partial charge in [0.15, 0.2) is 0 Å². The molecule has 0 radical (unpaired) electrons. The van der Waals surface area contributed by atoms with E-state index >= 15 is 0 Å². The van der Waals surface area contributed by atoms with E-state index in [0.717, 1.165) is 5.69 Å². The Bertz CT molecular complexity index is 652. The minimum atomic E-state index is -0.453. The van der Waals surface area contributed by atoms with Crippen LogP contribution in [0.15, 0.2) is 6.20 Å². The molecule has 158 valence electrons. The molecule has 1 aromatic rings. The summed E-state index contributed by atoms with van der Waals surface area (Å²) in [5, 5.41) is 17.6. The van der Waals surface area contributed by atoms with Crippen molar-refractivity contribution in [1.29, 1.82) is 0 Å². The third kappa shape index (κ3) is 5.65. The first-order valence-electron chi connectivity index (χ1n) is 9.55. The van der Waals surface area contributed by atoms with Crippen molar-refractivity contribution in [3.63, 3.8) is 0 Å². The molecule has 0 bridgehead atoms. The first kappa shape index (κ1) is 22.1. The second-order valence-corrected chi connectivity index (χ2v) is 7.31. The maximum absolute atomic E-state index is 12.8. The number of carbonyl (C=O) groups is 2. The average Bonchev–Trinajstić information content (AvgIpc) is 3.13. The van der Waals surface area contributed by atoms with Crippen LogP contribution in [0.25, 0.3) is 0 Å². The Balaban J connectivity index is 2.25. The molecule has 10 heteroatoms. The zero-order valence-electron chi connectivity index (χ0n) is 17.1. The van der Waals surface area contributed by atoms with Crippen LogP contribution in [0.4, 0.5) is 4.79 Å². The number of hydrogen-bond acceptors (Lipinski definition) is 7. The molecule has 28 heavy (non-hydrogen) atoms.